The lowest BCUT2D eigenvalue weighted by Crippen LogP contribution is -2.26. The van der Waals surface area contributed by atoms with Crippen molar-refractivity contribution in [3.63, 3.8) is 0 Å². The Kier molecular flexibility index (Phi) is 7.00. The van der Waals surface area contributed by atoms with E-state index >= 15 is 0 Å². The van der Waals surface area contributed by atoms with Crippen LogP contribution in [-0.2, 0) is 0 Å². The number of aromatic nitrogens is 3. The molecule has 20 heavy (non-hydrogen) atoms. The summed E-state index contributed by atoms with van der Waals surface area (Å²) >= 11 is 0. The van der Waals surface area contributed by atoms with Crippen molar-refractivity contribution in [2.75, 3.05) is 57.1 Å². The summed E-state index contributed by atoms with van der Waals surface area (Å²) in [7, 11) is 4.00. The number of ether oxygens (including phenoxy) is 1. The van der Waals surface area contributed by atoms with Crippen LogP contribution in [0.25, 0.3) is 0 Å². The molecule has 1 rings (SSSR count). The van der Waals surface area contributed by atoms with E-state index in [1.807, 2.05) is 21.0 Å². The van der Waals surface area contributed by atoms with Gasteiger partial charge in [0.05, 0.1) is 0 Å². The van der Waals surface area contributed by atoms with Crippen LogP contribution in [0.3, 0.4) is 0 Å². The number of nitrogens with zero attached hydrogens (tertiary/aromatic N) is 5. The van der Waals surface area contributed by atoms with Gasteiger partial charge in [0.25, 0.3) is 0 Å². The van der Waals surface area contributed by atoms with Crippen molar-refractivity contribution in [3.8, 4) is 6.01 Å². The van der Waals surface area contributed by atoms with Gasteiger partial charge in [0.2, 0.25) is 11.9 Å². The van der Waals surface area contributed by atoms with Gasteiger partial charge in [0.15, 0.2) is 0 Å². The molecule has 0 aromatic carbocycles. The number of likely N-dealkylation sites (N-methyl/N-ethyl adjacent to an activating group) is 1. The molecule has 0 amide bonds. The standard InChI is InChI=1S/C13H26N6O/c1-6-14-11-15-12(19(7-2)8-3)17-13(16-11)20-10-9-18(4)5/h6-10H2,1-5H3,(H,14,15,16,17). The summed E-state index contributed by atoms with van der Waals surface area (Å²) in [6.45, 7) is 10.0. The predicted molar refractivity (Wildman–Crippen MR) is 81.6 cm³/mol. The quantitative estimate of drug-likeness (QED) is 0.727. The molecule has 1 N–H and O–H groups in total. The van der Waals surface area contributed by atoms with E-state index in [-0.39, 0.29) is 0 Å². The van der Waals surface area contributed by atoms with Crippen molar-refractivity contribution < 1.29 is 4.74 Å². The van der Waals surface area contributed by atoms with Crippen LogP contribution in [0.4, 0.5) is 11.9 Å². The summed E-state index contributed by atoms with van der Waals surface area (Å²) in [4.78, 5) is 17.2. The maximum atomic E-state index is 5.61. The van der Waals surface area contributed by atoms with Crippen LogP contribution in [-0.4, -0.2) is 66.7 Å². The first kappa shape index (κ1) is 16.4. The van der Waals surface area contributed by atoms with Gasteiger partial charge in [-0.15, -0.1) is 0 Å². The second-order valence-electron chi connectivity index (χ2n) is 4.60. The molecule has 0 atom stereocenters. The van der Waals surface area contributed by atoms with Gasteiger partial charge in [-0.3, -0.25) is 0 Å². The molecule has 0 aliphatic rings. The van der Waals surface area contributed by atoms with Gasteiger partial charge in [-0.05, 0) is 34.9 Å². The molecule has 114 valence electrons. The third kappa shape index (κ3) is 5.16. The van der Waals surface area contributed by atoms with Crippen LogP contribution in [0.1, 0.15) is 20.8 Å². The van der Waals surface area contributed by atoms with E-state index < -0.39 is 0 Å². The highest BCUT2D eigenvalue weighted by molar-refractivity contribution is 5.38. The monoisotopic (exact) mass is 282 g/mol. The van der Waals surface area contributed by atoms with E-state index in [0.29, 0.717) is 24.5 Å². The predicted octanol–water partition coefficient (Wildman–Crippen LogP) is 1.09. The molecular weight excluding hydrogens is 256 g/mol. The first-order chi connectivity index (χ1) is 9.60. The van der Waals surface area contributed by atoms with Crippen molar-refractivity contribution >= 4 is 11.9 Å². The van der Waals surface area contributed by atoms with Gasteiger partial charge in [0, 0.05) is 26.2 Å². The minimum Gasteiger partial charge on any atom is -0.462 e. The zero-order valence-corrected chi connectivity index (χ0v) is 13.2. The lowest BCUT2D eigenvalue weighted by atomic mass is 10.5. The first-order valence-electron chi connectivity index (χ1n) is 7.13. The van der Waals surface area contributed by atoms with Gasteiger partial charge < -0.3 is 19.9 Å². The van der Waals surface area contributed by atoms with Crippen LogP contribution in [0.15, 0.2) is 0 Å². The van der Waals surface area contributed by atoms with E-state index in [1.165, 1.54) is 0 Å². The summed E-state index contributed by atoms with van der Waals surface area (Å²) in [6, 6.07) is 0.375. The van der Waals surface area contributed by atoms with Gasteiger partial charge in [0.1, 0.15) is 6.61 Å². The van der Waals surface area contributed by atoms with Crippen LogP contribution >= 0.6 is 0 Å². The summed E-state index contributed by atoms with van der Waals surface area (Å²) in [5, 5.41) is 3.11. The maximum absolute atomic E-state index is 5.61. The number of rotatable bonds is 9. The molecule has 0 unspecified atom stereocenters. The minimum absolute atomic E-state index is 0.375. The molecule has 0 radical (unpaired) electrons. The molecule has 7 nitrogen and oxygen atoms in total. The van der Waals surface area contributed by atoms with Crippen LogP contribution in [0.2, 0.25) is 0 Å². The molecule has 0 saturated heterocycles. The smallest absolute Gasteiger partial charge is 0.323 e. The molecule has 1 aromatic heterocycles. The SMILES string of the molecule is CCNc1nc(OCCN(C)C)nc(N(CC)CC)n1. The largest absolute Gasteiger partial charge is 0.462 e. The molecule has 0 spiro atoms. The maximum Gasteiger partial charge on any atom is 0.323 e. The highest BCUT2D eigenvalue weighted by Gasteiger charge is 2.11. The van der Waals surface area contributed by atoms with Crippen LogP contribution < -0.4 is 15.0 Å². The molecule has 0 aliphatic carbocycles. The van der Waals surface area contributed by atoms with Crippen LogP contribution in [0.5, 0.6) is 6.01 Å². The van der Waals surface area contributed by atoms with Gasteiger partial charge in [-0.2, -0.15) is 15.0 Å². The summed E-state index contributed by atoms with van der Waals surface area (Å²) < 4.78 is 5.61. The molecular formula is C13H26N6O. The van der Waals surface area contributed by atoms with Gasteiger partial charge in [-0.1, -0.05) is 0 Å². The van der Waals surface area contributed by atoms with Crippen molar-refractivity contribution in [3.05, 3.63) is 0 Å². The van der Waals surface area contributed by atoms with E-state index in [1.54, 1.807) is 0 Å². The van der Waals surface area contributed by atoms with E-state index in [9.17, 15) is 0 Å². The summed E-state index contributed by atoms with van der Waals surface area (Å²) in [6.07, 6.45) is 0. The Morgan fingerprint density at radius 3 is 2.30 bits per heavy atom. The molecule has 7 heteroatoms. The van der Waals surface area contributed by atoms with Crippen LogP contribution in [0, 0.1) is 0 Å². The molecule has 0 saturated carbocycles. The van der Waals surface area contributed by atoms with Gasteiger partial charge >= 0.3 is 6.01 Å². The normalized spacial score (nSPS) is 10.7. The Bertz CT molecular complexity index is 394. The van der Waals surface area contributed by atoms with E-state index in [0.717, 1.165) is 26.2 Å². The fourth-order valence-electron chi connectivity index (χ4n) is 1.61. The minimum atomic E-state index is 0.375. The third-order valence-corrected chi connectivity index (χ3v) is 2.75. The first-order valence-corrected chi connectivity index (χ1v) is 7.13. The lowest BCUT2D eigenvalue weighted by Gasteiger charge is -2.19. The average molecular weight is 282 g/mol. The highest BCUT2D eigenvalue weighted by Crippen LogP contribution is 2.14. The van der Waals surface area contributed by atoms with E-state index in [4.69, 9.17) is 4.74 Å². The second-order valence-corrected chi connectivity index (χ2v) is 4.60. The Morgan fingerprint density at radius 2 is 1.75 bits per heavy atom. The second kappa shape index (κ2) is 8.52. The zero-order chi connectivity index (χ0) is 15.0. The molecule has 1 aromatic rings. The summed E-state index contributed by atoms with van der Waals surface area (Å²) in [5.74, 6) is 1.21. The van der Waals surface area contributed by atoms with Gasteiger partial charge in [-0.25, -0.2) is 0 Å². The fraction of sp³-hybridized carbons (Fsp3) is 0.769. The molecule has 1 heterocycles. The summed E-state index contributed by atoms with van der Waals surface area (Å²) in [5.41, 5.74) is 0. The third-order valence-electron chi connectivity index (χ3n) is 2.75. The number of anilines is 2. The Hall–Kier alpha value is -1.63. The highest BCUT2D eigenvalue weighted by atomic mass is 16.5. The Morgan fingerprint density at radius 1 is 1.05 bits per heavy atom. The zero-order valence-electron chi connectivity index (χ0n) is 13.2. The molecule has 0 fully saturated rings. The number of nitrogens with one attached hydrogen (secondary N) is 1. The van der Waals surface area contributed by atoms with Crippen molar-refractivity contribution in [2.24, 2.45) is 0 Å². The fourth-order valence-corrected chi connectivity index (χ4v) is 1.61. The van der Waals surface area contributed by atoms with Crippen molar-refractivity contribution in [2.45, 2.75) is 20.8 Å². The van der Waals surface area contributed by atoms with Crippen molar-refractivity contribution in [1.29, 1.82) is 0 Å². The Balaban J connectivity index is 2.86. The topological polar surface area (TPSA) is 66.4 Å². The number of hydrogen-bond acceptors (Lipinski definition) is 7. The lowest BCUT2D eigenvalue weighted by molar-refractivity contribution is 0.245. The molecule has 0 bridgehead atoms. The van der Waals surface area contributed by atoms with E-state index in [2.05, 4.69) is 43.9 Å². The molecule has 0 aliphatic heterocycles. The van der Waals surface area contributed by atoms with Crippen molar-refractivity contribution in [1.82, 2.24) is 19.9 Å². The number of hydrogen-bond donors (Lipinski definition) is 1. The Labute approximate surface area is 121 Å². The average Bonchev–Trinajstić information content (AvgIpc) is 2.40.